The van der Waals surface area contributed by atoms with E-state index in [9.17, 15) is 43.2 Å². The largest absolute Gasteiger partial charge is 0.472 e. The molecule has 0 heterocycles. The summed E-state index contributed by atoms with van der Waals surface area (Å²) in [7, 11) is -9.91. The van der Waals surface area contributed by atoms with Gasteiger partial charge in [0.2, 0.25) is 0 Å². The Labute approximate surface area is 594 Å². The quantitative estimate of drug-likeness (QED) is 0.0222. The number of unbranched alkanes of at least 4 members (excludes halogenated alkanes) is 49. The molecule has 576 valence electrons. The Morgan fingerprint density at radius 2 is 0.495 bits per heavy atom. The fourth-order valence-corrected chi connectivity index (χ4v) is 13.6. The lowest BCUT2D eigenvalue weighted by Gasteiger charge is -2.21. The van der Waals surface area contributed by atoms with Crippen LogP contribution in [0, 0.1) is 5.92 Å². The molecule has 0 fully saturated rings. The molecule has 19 heteroatoms. The summed E-state index contributed by atoms with van der Waals surface area (Å²) in [6.45, 7) is 7.35. The second-order valence-corrected chi connectivity index (χ2v) is 31.3. The molecule has 0 aromatic rings. The maximum atomic E-state index is 13.1. The highest BCUT2D eigenvalue weighted by Gasteiger charge is 2.30. The summed E-state index contributed by atoms with van der Waals surface area (Å²) >= 11 is 0. The number of aliphatic hydroxyl groups is 1. The average Bonchev–Trinajstić information content (AvgIpc) is 1.82. The van der Waals surface area contributed by atoms with Crippen molar-refractivity contribution in [2.24, 2.45) is 5.92 Å². The maximum absolute atomic E-state index is 13.1. The molecular formula is C78H152O17P2. The smallest absolute Gasteiger partial charge is 0.462 e. The molecule has 0 spiro atoms. The van der Waals surface area contributed by atoms with Gasteiger partial charge in [0, 0.05) is 25.7 Å². The predicted octanol–water partition coefficient (Wildman–Crippen LogP) is 23.3. The van der Waals surface area contributed by atoms with Crippen molar-refractivity contribution < 1.29 is 80.2 Å². The van der Waals surface area contributed by atoms with Gasteiger partial charge in [-0.05, 0) is 31.6 Å². The molecule has 0 saturated carbocycles. The first kappa shape index (κ1) is 95.1. The van der Waals surface area contributed by atoms with Crippen molar-refractivity contribution in [1.82, 2.24) is 0 Å². The maximum Gasteiger partial charge on any atom is 0.472 e. The number of aliphatic hydroxyl groups excluding tert-OH is 1. The van der Waals surface area contributed by atoms with Gasteiger partial charge in [-0.25, -0.2) is 9.13 Å². The van der Waals surface area contributed by atoms with Crippen molar-refractivity contribution in [3.63, 3.8) is 0 Å². The van der Waals surface area contributed by atoms with E-state index >= 15 is 0 Å². The Hall–Kier alpha value is -1.94. The summed E-state index contributed by atoms with van der Waals surface area (Å²) < 4.78 is 68.6. The minimum Gasteiger partial charge on any atom is -0.462 e. The van der Waals surface area contributed by atoms with Crippen LogP contribution in [0.2, 0.25) is 0 Å². The van der Waals surface area contributed by atoms with Gasteiger partial charge < -0.3 is 33.8 Å². The van der Waals surface area contributed by atoms with E-state index in [1.807, 2.05) is 0 Å². The molecule has 97 heavy (non-hydrogen) atoms. The predicted molar refractivity (Wildman–Crippen MR) is 395 cm³/mol. The summed E-state index contributed by atoms with van der Waals surface area (Å²) in [5.41, 5.74) is 0. The summed E-state index contributed by atoms with van der Waals surface area (Å²) in [5.74, 6) is -1.26. The highest BCUT2D eigenvalue weighted by atomic mass is 31.2. The van der Waals surface area contributed by atoms with E-state index in [4.69, 9.17) is 37.0 Å². The Bertz CT molecular complexity index is 1860. The van der Waals surface area contributed by atoms with Crippen molar-refractivity contribution in [1.29, 1.82) is 0 Å². The number of ether oxygens (including phenoxy) is 4. The second kappa shape index (κ2) is 71.1. The highest BCUT2D eigenvalue weighted by Crippen LogP contribution is 2.45. The van der Waals surface area contributed by atoms with Crippen LogP contribution in [0.1, 0.15) is 413 Å². The van der Waals surface area contributed by atoms with Gasteiger partial charge in [-0.1, -0.05) is 362 Å². The van der Waals surface area contributed by atoms with E-state index in [-0.39, 0.29) is 25.7 Å². The average molecular weight is 1420 g/mol. The van der Waals surface area contributed by atoms with Crippen LogP contribution in [0.4, 0.5) is 0 Å². The van der Waals surface area contributed by atoms with Crippen LogP contribution < -0.4 is 0 Å². The molecule has 6 atom stereocenters. The molecule has 3 unspecified atom stereocenters. The lowest BCUT2D eigenvalue weighted by molar-refractivity contribution is -0.161. The Morgan fingerprint density at radius 1 is 0.289 bits per heavy atom. The zero-order valence-electron chi connectivity index (χ0n) is 63.2. The van der Waals surface area contributed by atoms with Crippen LogP contribution in [0.3, 0.4) is 0 Å². The number of carbonyl (C=O) groups is 4. The molecule has 0 rings (SSSR count). The topological polar surface area (TPSA) is 237 Å². The van der Waals surface area contributed by atoms with E-state index in [2.05, 4.69) is 34.6 Å². The summed E-state index contributed by atoms with van der Waals surface area (Å²) in [5, 5.41) is 10.6. The van der Waals surface area contributed by atoms with Gasteiger partial charge >= 0.3 is 39.5 Å². The van der Waals surface area contributed by atoms with Crippen molar-refractivity contribution in [2.75, 3.05) is 39.6 Å². The zero-order chi connectivity index (χ0) is 71.2. The minimum atomic E-state index is -4.96. The van der Waals surface area contributed by atoms with E-state index in [0.717, 1.165) is 95.8 Å². The highest BCUT2D eigenvalue weighted by molar-refractivity contribution is 7.47. The Kier molecular flexibility index (Phi) is 69.6. The van der Waals surface area contributed by atoms with E-state index in [1.54, 1.807) is 0 Å². The number of rotatable bonds is 78. The Balaban J connectivity index is 5.22. The van der Waals surface area contributed by atoms with Crippen molar-refractivity contribution >= 4 is 39.5 Å². The monoisotopic (exact) mass is 1420 g/mol. The molecule has 0 aromatic carbocycles. The number of hydrogen-bond donors (Lipinski definition) is 3. The standard InChI is InChI=1S/C78H152O17P2/c1-6-10-13-16-19-22-24-26-27-28-29-30-34-38-42-47-52-57-62-76(81)89-68-74(95-78(83)64-59-54-49-44-39-35-32-31-33-36-41-45-50-55-60-71(5)9-4)70-93-97(86,87)91-66-72(79)65-90-96(84,85)92-69-73(67-88-75(80)61-56-51-46-40-21-18-15-12-8-3)94-77(82)63-58-53-48-43-37-25-23-20-17-14-11-7-2/h71-74,79H,6-70H2,1-5H3,(H,84,85)(H,86,87)/t71?,72-,73+,74+/m0/s1. The summed E-state index contributed by atoms with van der Waals surface area (Å²) in [4.78, 5) is 72.8. The minimum absolute atomic E-state index is 0.108. The molecule has 0 aromatic heterocycles. The zero-order valence-corrected chi connectivity index (χ0v) is 65.0. The molecule has 3 N–H and O–H groups in total. The molecule has 0 aliphatic rings. The van der Waals surface area contributed by atoms with Crippen molar-refractivity contribution in [2.45, 2.75) is 432 Å². The molecular weight excluding hydrogens is 1270 g/mol. The van der Waals surface area contributed by atoms with Gasteiger partial charge in [0.15, 0.2) is 12.2 Å². The lowest BCUT2D eigenvalue weighted by atomic mass is 9.99. The first-order valence-corrected chi connectivity index (χ1v) is 43.7. The molecule has 0 aliphatic heterocycles. The fraction of sp³-hybridized carbons (Fsp3) is 0.949. The molecule has 17 nitrogen and oxygen atoms in total. The molecule has 0 aliphatic carbocycles. The van der Waals surface area contributed by atoms with Crippen LogP contribution in [0.5, 0.6) is 0 Å². The SMILES string of the molecule is CCCCCCCCCCCCCCCCCCCCC(=O)OC[C@H](COP(=O)(O)OC[C@@H](O)COP(=O)(O)OC[C@@H](COC(=O)CCCCCCCCCCC)OC(=O)CCCCCCCCCCCCCC)OC(=O)CCCCCCCCCCCCCCCCC(C)CC. The van der Waals surface area contributed by atoms with Gasteiger partial charge in [0.25, 0.3) is 0 Å². The second-order valence-electron chi connectivity index (χ2n) is 28.3. The van der Waals surface area contributed by atoms with Crippen LogP contribution in [0.15, 0.2) is 0 Å². The number of esters is 4. The van der Waals surface area contributed by atoms with Crippen LogP contribution in [-0.2, 0) is 65.4 Å². The van der Waals surface area contributed by atoms with Gasteiger partial charge in [-0.15, -0.1) is 0 Å². The van der Waals surface area contributed by atoms with Crippen LogP contribution in [0.25, 0.3) is 0 Å². The lowest BCUT2D eigenvalue weighted by Crippen LogP contribution is -2.30. The van der Waals surface area contributed by atoms with Crippen molar-refractivity contribution in [3.8, 4) is 0 Å². The first-order valence-electron chi connectivity index (χ1n) is 40.7. The van der Waals surface area contributed by atoms with E-state index in [1.165, 1.54) is 238 Å². The van der Waals surface area contributed by atoms with E-state index in [0.29, 0.717) is 25.7 Å². The summed E-state index contributed by atoms with van der Waals surface area (Å²) in [6, 6.07) is 0. The van der Waals surface area contributed by atoms with Gasteiger partial charge in [-0.2, -0.15) is 0 Å². The number of carbonyl (C=O) groups excluding carboxylic acids is 4. The third-order valence-corrected chi connectivity index (χ3v) is 20.5. The van der Waals surface area contributed by atoms with Gasteiger partial charge in [-0.3, -0.25) is 37.3 Å². The van der Waals surface area contributed by atoms with Crippen LogP contribution >= 0.6 is 15.6 Å². The van der Waals surface area contributed by atoms with Gasteiger partial charge in [0.1, 0.15) is 19.3 Å². The molecule has 0 radical (unpaired) electrons. The first-order chi connectivity index (χ1) is 47.1. The summed E-state index contributed by atoms with van der Waals surface area (Å²) in [6.07, 6.45) is 60.9. The Morgan fingerprint density at radius 3 is 0.732 bits per heavy atom. The molecule has 0 amide bonds. The molecule has 0 saturated heterocycles. The number of phosphoric acid groups is 2. The molecule has 0 bridgehead atoms. The third kappa shape index (κ3) is 70.9. The fourth-order valence-electron chi connectivity index (χ4n) is 12.0. The van der Waals surface area contributed by atoms with Gasteiger partial charge in [0.05, 0.1) is 26.4 Å². The number of hydrogen-bond acceptors (Lipinski definition) is 15. The van der Waals surface area contributed by atoms with Crippen LogP contribution in [-0.4, -0.2) is 96.7 Å². The van der Waals surface area contributed by atoms with E-state index < -0.39 is 97.5 Å². The van der Waals surface area contributed by atoms with Crippen molar-refractivity contribution in [3.05, 3.63) is 0 Å². The number of phosphoric ester groups is 2. The third-order valence-electron chi connectivity index (χ3n) is 18.6. The normalized spacial score (nSPS) is 14.2.